The lowest BCUT2D eigenvalue weighted by Gasteiger charge is -2.26. The maximum Gasteiger partial charge on any atom is 0.418 e. The summed E-state index contributed by atoms with van der Waals surface area (Å²) in [6.07, 6.45) is 0.521. The molecule has 1 aromatic heterocycles. The number of nitrogens with zero attached hydrogens (tertiary/aromatic N) is 2. The molecule has 0 spiro atoms. The van der Waals surface area contributed by atoms with E-state index in [1.807, 2.05) is 13.0 Å². The third-order valence-corrected chi connectivity index (χ3v) is 5.03. The number of aromatic amines is 1. The SMILES string of the molecule is CCC1C=C2N=CC(C(=O)Nc3ccc4c(C(F)(F)F)c[nH]c4c3)C(=O)N2C1. The van der Waals surface area contributed by atoms with Crippen LogP contribution < -0.4 is 5.32 Å². The number of H-pyrrole nitrogens is 1. The van der Waals surface area contributed by atoms with Crippen LogP contribution in [0.4, 0.5) is 18.9 Å². The van der Waals surface area contributed by atoms with E-state index in [0.29, 0.717) is 18.1 Å². The Balaban J connectivity index is 1.52. The summed E-state index contributed by atoms with van der Waals surface area (Å²) in [5, 5.41) is 2.60. The molecule has 2 atom stereocenters. The van der Waals surface area contributed by atoms with Crippen LogP contribution in [0, 0.1) is 11.8 Å². The van der Waals surface area contributed by atoms with Gasteiger partial charge in [0.25, 0.3) is 0 Å². The number of carbonyl (C=O) groups is 2. The summed E-state index contributed by atoms with van der Waals surface area (Å²) in [5.41, 5.74) is -0.235. The highest BCUT2D eigenvalue weighted by atomic mass is 19.4. The average Bonchev–Trinajstić information content (AvgIpc) is 3.25. The van der Waals surface area contributed by atoms with Crippen molar-refractivity contribution in [1.82, 2.24) is 9.88 Å². The minimum atomic E-state index is -4.47. The summed E-state index contributed by atoms with van der Waals surface area (Å²) in [4.78, 5) is 33.5. The van der Waals surface area contributed by atoms with E-state index in [4.69, 9.17) is 0 Å². The van der Waals surface area contributed by atoms with Gasteiger partial charge in [-0.3, -0.25) is 14.5 Å². The van der Waals surface area contributed by atoms with E-state index in [2.05, 4.69) is 15.3 Å². The van der Waals surface area contributed by atoms with Crippen molar-refractivity contribution < 1.29 is 22.8 Å². The molecule has 3 heterocycles. The van der Waals surface area contributed by atoms with Crippen LogP contribution >= 0.6 is 0 Å². The first-order valence-corrected chi connectivity index (χ1v) is 8.84. The molecule has 2 unspecified atom stereocenters. The normalized spacial score (nSPS) is 21.8. The van der Waals surface area contributed by atoms with Gasteiger partial charge in [0.05, 0.1) is 5.56 Å². The van der Waals surface area contributed by atoms with Gasteiger partial charge >= 0.3 is 6.18 Å². The number of amides is 2. The number of hydrogen-bond acceptors (Lipinski definition) is 3. The summed E-state index contributed by atoms with van der Waals surface area (Å²) >= 11 is 0. The summed E-state index contributed by atoms with van der Waals surface area (Å²) in [7, 11) is 0. The molecule has 2 N–H and O–H groups in total. The van der Waals surface area contributed by atoms with Gasteiger partial charge in [-0.25, -0.2) is 4.99 Å². The van der Waals surface area contributed by atoms with Gasteiger partial charge in [0.15, 0.2) is 5.92 Å². The summed E-state index contributed by atoms with van der Waals surface area (Å²) < 4.78 is 38.9. The molecule has 4 rings (SSSR count). The molecule has 1 aromatic carbocycles. The molecule has 9 heteroatoms. The van der Waals surface area contributed by atoms with Gasteiger partial charge in [-0.15, -0.1) is 0 Å². The highest BCUT2D eigenvalue weighted by Gasteiger charge is 2.38. The van der Waals surface area contributed by atoms with Crippen LogP contribution in [0.2, 0.25) is 0 Å². The van der Waals surface area contributed by atoms with Crippen molar-refractivity contribution in [2.75, 3.05) is 11.9 Å². The molecular weight excluding hydrogens is 373 g/mol. The van der Waals surface area contributed by atoms with Crippen molar-refractivity contribution in [2.45, 2.75) is 19.5 Å². The molecule has 0 fully saturated rings. The molecule has 6 nitrogen and oxygen atoms in total. The monoisotopic (exact) mass is 390 g/mol. The van der Waals surface area contributed by atoms with E-state index in [0.717, 1.165) is 12.6 Å². The van der Waals surface area contributed by atoms with Crippen molar-refractivity contribution in [2.24, 2.45) is 16.8 Å². The second-order valence-corrected chi connectivity index (χ2v) is 6.85. The number of carbonyl (C=O) groups excluding carboxylic acids is 2. The molecule has 0 saturated carbocycles. The average molecular weight is 390 g/mol. The lowest BCUT2D eigenvalue weighted by atomic mass is 10.1. The largest absolute Gasteiger partial charge is 0.418 e. The number of aliphatic imine (C=N–C) groups is 1. The fraction of sp³-hybridized carbons (Fsp3) is 0.316. The standard InChI is InChI=1S/C19H17F3N4O2/c1-2-10-5-16-24-7-13(18(28)26(16)9-10)17(27)25-11-3-4-12-14(19(20,21)22)8-23-15(12)6-11/h3-8,10,13,23H,2,9H2,1H3,(H,25,27). The summed E-state index contributed by atoms with van der Waals surface area (Å²) in [6.45, 7) is 2.51. The predicted octanol–water partition coefficient (Wildman–Crippen LogP) is 3.54. The van der Waals surface area contributed by atoms with Crippen LogP contribution in [0.3, 0.4) is 0 Å². The van der Waals surface area contributed by atoms with Gasteiger partial charge in [0.1, 0.15) is 5.82 Å². The van der Waals surface area contributed by atoms with Gasteiger partial charge in [0.2, 0.25) is 11.8 Å². The highest BCUT2D eigenvalue weighted by molar-refractivity contribution is 6.18. The van der Waals surface area contributed by atoms with Gasteiger partial charge in [-0.2, -0.15) is 13.2 Å². The fourth-order valence-electron chi connectivity index (χ4n) is 3.46. The molecule has 2 aromatic rings. The molecule has 2 aliphatic heterocycles. The van der Waals surface area contributed by atoms with Crippen LogP contribution in [-0.2, 0) is 15.8 Å². The van der Waals surface area contributed by atoms with Gasteiger partial charge in [-0.1, -0.05) is 13.0 Å². The van der Waals surface area contributed by atoms with E-state index in [1.54, 1.807) is 0 Å². The first kappa shape index (κ1) is 18.3. The summed E-state index contributed by atoms with van der Waals surface area (Å²) in [5.74, 6) is -1.22. The second kappa shape index (κ2) is 6.50. The quantitative estimate of drug-likeness (QED) is 0.787. The molecule has 2 amide bonds. The third-order valence-electron chi connectivity index (χ3n) is 5.03. The Labute approximate surface area is 158 Å². The number of aromatic nitrogens is 1. The molecule has 0 bridgehead atoms. The molecule has 0 aliphatic carbocycles. The van der Waals surface area contributed by atoms with Crippen LogP contribution in [0.15, 0.2) is 41.3 Å². The van der Waals surface area contributed by atoms with Crippen LogP contribution in [0.25, 0.3) is 10.9 Å². The molecular formula is C19H17F3N4O2. The highest BCUT2D eigenvalue weighted by Crippen LogP contribution is 2.35. The number of anilines is 1. The van der Waals surface area contributed by atoms with Crippen molar-refractivity contribution in [1.29, 1.82) is 0 Å². The number of hydrogen-bond donors (Lipinski definition) is 2. The van der Waals surface area contributed by atoms with E-state index < -0.39 is 23.6 Å². The molecule has 28 heavy (non-hydrogen) atoms. The number of halogens is 3. The fourth-order valence-corrected chi connectivity index (χ4v) is 3.46. The number of fused-ring (bicyclic) bond motifs is 2. The first-order chi connectivity index (χ1) is 13.3. The molecule has 2 aliphatic rings. The number of rotatable bonds is 3. The Bertz CT molecular complexity index is 1020. The zero-order valence-electron chi connectivity index (χ0n) is 14.9. The Kier molecular flexibility index (Phi) is 4.24. The van der Waals surface area contributed by atoms with Crippen molar-refractivity contribution in [3.05, 3.63) is 41.9 Å². The molecule has 0 radical (unpaired) electrons. The lowest BCUT2D eigenvalue weighted by Crippen LogP contribution is -2.43. The second-order valence-electron chi connectivity index (χ2n) is 6.85. The van der Waals surface area contributed by atoms with Crippen LogP contribution in [-0.4, -0.2) is 34.5 Å². The Morgan fingerprint density at radius 2 is 2.18 bits per heavy atom. The first-order valence-electron chi connectivity index (χ1n) is 8.84. The zero-order valence-corrected chi connectivity index (χ0v) is 14.9. The molecule has 0 saturated heterocycles. The van der Waals surface area contributed by atoms with Crippen LogP contribution in [0.1, 0.15) is 18.9 Å². The molecule has 146 valence electrons. The predicted molar refractivity (Wildman–Crippen MR) is 97.5 cm³/mol. The van der Waals surface area contributed by atoms with Gasteiger partial charge in [0, 0.05) is 35.5 Å². The van der Waals surface area contributed by atoms with E-state index in [9.17, 15) is 22.8 Å². The van der Waals surface area contributed by atoms with Gasteiger partial charge in [-0.05, 0) is 30.5 Å². The maximum absolute atomic E-state index is 13.0. The van der Waals surface area contributed by atoms with Crippen LogP contribution in [0.5, 0.6) is 0 Å². The topological polar surface area (TPSA) is 77.6 Å². The number of benzene rings is 1. The van der Waals surface area contributed by atoms with Gasteiger partial charge < -0.3 is 10.3 Å². The lowest BCUT2D eigenvalue weighted by molar-refractivity contribution is -0.137. The Hall–Kier alpha value is -3.10. The minimum absolute atomic E-state index is 0.0123. The van der Waals surface area contributed by atoms with Crippen molar-refractivity contribution in [3.63, 3.8) is 0 Å². The number of alkyl halides is 3. The summed E-state index contributed by atoms with van der Waals surface area (Å²) in [6, 6.07) is 4.07. The minimum Gasteiger partial charge on any atom is -0.360 e. The van der Waals surface area contributed by atoms with Crippen molar-refractivity contribution in [3.8, 4) is 0 Å². The Morgan fingerprint density at radius 3 is 2.89 bits per heavy atom. The zero-order chi connectivity index (χ0) is 20.1. The van der Waals surface area contributed by atoms with Crippen molar-refractivity contribution >= 4 is 34.6 Å². The smallest absolute Gasteiger partial charge is 0.360 e. The van der Waals surface area contributed by atoms with E-state index in [-0.39, 0.29) is 22.7 Å². The third kappa shape index (κ3) is 3.06. The maximum atomic E-state index is 13.0. The van der Waals surface area contributed by atoms with E-state index >= 15 is 0 Å². The number of nitrogens with one attached hydrogen (secondary N) is 2. The van der Waals surface area contributed by atoms with E-state index in [1.165, 1.54) is 29.3 Å². The Morgan fingerprint density at radius 1 is 1.39 bits per heavy atom.